The Balaban J connectivity index is 1.89. The van der Waals surface area contributed by atoms with Gasteiger partial charge in [-0.05, 0) is 24.6 Å². The van der Waals surface area contributed by atoms with Crippen LogP contribution < -0.4 is 5.73 Å². The highest BCUT2D eigenvalue weighted by Gasteiger charge is 2.16. The second kappa shape index (κ2) is 4.40. The fourth-order valence-corrected chi connectivity index (χ4v) is 2.84. The predicted molar refractivity (Wildman–Crippen MR) is 64.7 cm³/mol. The Morgan fingerprint density at radius 2 is 2.24 bits per heavy atom. The lowest BCUT2D eigenvalue weighted by molar-refractivity contribution is 0.591. The van der Waals surface area contributed by atoms with Crippen molar-refractivity contribution in [2.75, 3.05) is 5.73 Å². The molecule has 3 heterocycles. The van der Waals surface area contributed by atoms with Gasteiger partial charge in [0.05, 0.1) is 11.1 Å². The third-order valence-electron chi connectivity index (χ3n) is 2.91. The molecule has 90 valence electrons. The summed E-state index contributed by atoms with van der Waals surface area (Å²) in [6.07, 6.45) is 6.41. The van der Waals surface area contributed by atoms with E-state index in [1.165, 1.54) is 31.0 Å². The molecule has 6 nitrogen and oxygen atoms in total. The van der Waals surface area contributed by atoms with Crippen LogP contribution in [0, 0.1) is 0 Å². The highest BCUT2D eigenvalue weighted by molar-refractivity contribution is 7.99. The molecule has 7 heteroatoms. The second-order valence-electron chi connectivity index (χ2n) is 4.11. The van der Waals surface area contributed by atoms with E-state index in [4.69, 9.17) is 5.73 Å². The van der Waals surface area contributed by atoms with Gasteiger partial charge in [-0.1, -0.05) is 6.42 Å². The van der Waals surface area contributed by atoms with E-state index >= 15 is 0 Å². The van der Waals surface area contributed by atoms with E-state index < -0.39 is 0 Å². The summed E-state index contributed by atoms with van der Waals surface area (Å²) in [5.74, 6) is 1.67. The Hall–Kier alpha value is -1.50. The zero-order valence-corrected chi connectivity index (χ0v) is 10.2. The van der Waals surface area contributed by atoms with Gasteiger partial charge in [0.25, 0.3) is 0 Å². The van der Waals surface area contributed by atoms with Crippen molar-refractivity contribution in [1.82, 2.24) is 25.0 Å². The van der Waals surface area contributed by atoms with Gasteiger partial charge in [-0.15, -0.1) is 10.2 Å². The van der Waals surface area contributed by atoms with E-state index in [0.717, 1.165) is 28.8 Å². The SMILES string of the molecule is Nc1[nH]ncc1Sc1nnc2n1CCCCC2. The number of hydrogen-bond donors (Lipinski definition) is 2. The molecule has 0 radical (unpaired) electrons. The standard InChI is InChI=1S/C10H14N6S/c11-9-7(6-12-14-9)17-10-15-13-8-4-2-1-3-5-16(8)10/h6H,1-5H2,(H3,11,12,14). The van der Waals surface area contributed by atoms with Crippen molar-refractivity contribution in [3.05, 3.63) is 12.0 Å². The zero-order valence-electron chi connectivity index (χ0n) is 9.39. The molecule has 0 atom stereocenters. The molecule has 0 unspecified atom stereocenters. The van der Waals surface area contributed by atoms with Crippen LogP contribution in [-0.4, -0.2) is 25.0 Å². The number of aromatic amines is 1. The smallest absolute Gasteiger partial charge is 0.196 e. The molecule has 0 saturated carbocycles. The summed E-state index contributed by atoms with van der Waals surface area (Å²) in [4.78, 5) is 0.907. The number of rotatable bonds is 2. The Morgan fingerprint density at radius 1 is 1.29 bits per heavy atom. The molecule has 3 rings (SSSR count). The quantitative estimate of drug-likeness (QED) is 0.842. The van der Waals surface area contributed by atoms with Crippen LogP contribution in [0.15, 0.2) is 16.2 Å². The first-order chi connectivity index (χ1) is 8.34. The van der Waals surface area contributed by atoms with Crippen molar-refractivity contribution in [2.24, 2.45) is 0 Å². The molecule has 1 aliphatic rings. The molecule has 0 aromatic carbocycles. The summed E-state index contributed by atoms with van der Waals surface area (Å²) in [7, 11) is 0. The van der Waals surface area contributed by atoms with Crippen LogP contribution in [0.1, 0.15) is 25.1 Å². The van der Waals surface area contributed by atoms with Gasteiger partial charge in [0.1, 0.15) is 11.6 Å². The van der Waals surface area contributed by atoms with E-state index in [9.17, 15) is 0 Å². The number of aryl methyl sites for hydroxylation is 1. The number of aromatic nitrogens is 5. The normalized spacial score (nSPS) is 15.5. The first-order valence-electron chi connectivity index (χ1n) is 5.73. The average molecular weight is 250 g/mol. The van der Waals surface area contributed by atoms with Gasteiger partial charge in [-0.3, -0.25) is 5.10 Å². The summed E-state index contributed by atoms with van der Waals surface area (Å²) in [5, 5.41) is 16.0. The third-order valence-corrected chi connectivity index (χ3v) is 3.94. The van der Waals surface area contributed by atoms with E-state index in [1.54, 1.807) is 6.20 Å². The Kier molecular flexibility index (Phi) is 2.76. The molecule has 2 aromatic rings. The molecule has 0 saturated heterocycles. The lowest BCUT2D eigenvalue weighted by Gasteiger charge is -2.05. The first-order valence-corrected chi connectivity index (χ1v) is 6.55. The number of anilines is 1. The van der Waals surface area contributed by atoms with Gasteiger partial charge in [0.2, 0.25) is 0 Å². The fourth-order valence-electron chi connectivity index (χ4n) is 2.00. The minimum absolute atomic E-state index is 0.584. The van der Waals surface area contributed by atoms with Crippen LogP contribution >= 0.6 is 11.8 Å². The Bertz CT molecular complexity index is 517. The van der Waals surface area contributed by atoms with Crippen molar-refractivity contribution in [1.29, 1.82) is 0 Å². The third kappa shape index (κ3) is 2.02. The number of nitrogens with zero attached hydrogens (tertiary/aromatic N) is 4. The van der Waals surface area contributed by atoms with E-state index in [2.05, 4.69) is 25.0 Å². The summed E-state index contributed by atoms with van der Waals surface area (Å²) in [6.45, 7) is 1.00. The topological polar surface area (TPSA) is 85.4 Å². The van der Waals surface area contributed by atoms with Gasteiger partial charge in [0, 0.05) is 13.0 Å². The van der Waals surface area contributed by atoms with Gasteiger partial charge < -0.3 is 10.3 Å². The maximum Gasteiger partial charge on any atom is 0.196 e. The molecular formula is C10H14N6S. The van der Waals surface area contributed by atoms with Crippen LogP contribution in [0.3, 0.4) is 0 Å². The van der Waals surface area contributed by atoms with Crippen molar-refractivity contribution < 1.29 is 0 Å². The largest absolute Gasteiger partial charge is 0.383 e. The molecule has 1 aliphatic heterocycles. The van der Waals surface area contributed by atoms with Crippen molar-refractivity contribution in [3.63, 3.8) is 0 Å². The van der Waals surface area contributed by atoms with Crippen LogP contribution in [-0.2, 0) is 13.0 Å². The minimum atomic E-state index is 0.584. The van der Waals surface area contributed by atoms with Crippen molar-refractivity contribution in [2.45, 2.75) is 42.3 Å². The Labute approximate surface area is 103 Å². The number of nitrogens with two attached hydrogens (primary N) is 1. The molecule has 0 fully saturated rings. The molecule has 2 aromatic heterocycles. The van der Waals surface area contributed by atoms with Crippen LogP contribution in [0.4, 0.5) is 5.82 Å². The second-order valence-corrected chi connectivity index (χ2v) is 5.12. The summed E-state index contributed by atoms with van der Waals surface area (Å²) in [6, 6.07) is 0. The number of nitrogens with one attached hydrogen (secondary N) is 1. The molecule has 0 aliphatic carbocycles. The zero-order chi connectivity index (χ0) is 11.7. The highest BCUT2D eigenvalue weighted by atomic mass is 32.2. The van der Waals surface area contributed by atoms with Crippen molar-refractivity contribution in [3.8, 4) is 0 Å². The number of hydrogen-bond acceptors (Lipinski definition) is 5. The highest BCUT2D eigenvalue weighted by Crippen LogP contribution is 2.30. The molecular weight excluding hydrogens is 236 g/mol. The number of fused-ring (bicyclic) bond motifs is 1. The van der Waals surface area contributed by atoms with Crippen LogP contribution in [0.2, 0.25) is 0 Å². The number of H-pyrrole nitrogens is 1. The van der Waals surface area contributed by atoms with Gasteiger partial charge in [-0.2, -0.15) is 5.10 Å². The maximum absolute atomic E-state index is 5.77. The van der Waals surface area contributed by atoms with E-state index in [-0.39, 0.29) is 0 Å². The fraction of sp³-hybridized carbons (Fsp3) is 0.500. The van der Waals surface area contributed by atoms with Gasteiger partial charge in [-0.25, -0.2) is 0 Å². The predicted octanol–water partition coefficient (Wildman–Crippen LogP) is 1.46. The number of nitrogen functional groups attached to an aromatic ring is 1. The van der Waals surface area contributed by atoms with Gasteiger partial charge >= 0.3 is 0 Å². The monoisotopic (exact) mass is 250 g/mol. The lowest BCUT2D eigenvalue weighted by atomic mass is 10.2. The van der Waals surface area contributed by atoms with E-state index in [0.29, 0.717) is 5.82 Å². The average Bonchev–Trinajstić information content (AvgIpc) is 2.81. The molecule has 0 bridgehead atoms. The van der Waals surface area contributed by atoms with E-state index in [1.807, 2.05) is 0 Å². The summed E-state index contributed by atoms with van der Waals surface area (Å²) in [5.41, 5.74) is 5.77. The Morgan fingerprint density at radius 3 is 3.06 bits per heavy atom. The van der Waals surface area contributed by atoms with Crippen LogP contribution in [0.25, 0.3) is 0 Å². The van der Waals surface area contributed by atoms with Crippen molar-refractivity contribution >= 4 is 17.6 Å². The summed E-state index contributed by atoms with van der Waals surface area (Å²) >= 11 is 1.52. The molecule has 0 amide bonds. The summed E-state index contributed by atoms with van der Waals surface area (Å²) < 4.78 is 2.20. The maximum atomic E-state index is 5.77. The van der Waals surface area contributed by atoms with Crippen LogP contribution in [0.5, 0.6) is 0 Å². The lowest BCUT2D eigenvalue weighted by Crippen LogP contribution is -2.02. The molecule has 17 heavy (non-hydrogen) atoms. The first kappa shape index (κ1) is 10.6. The molecule has 3 N–H and O–H groups in total. The molecule has 0 spiro atoms. The minimum Gasteiger partial charge on any atom is -0.383 e. The van der Waals surface area contributed by atoms with Gasteiger partial charge in [0.15, 0.2) is 5.16 Å².